The first-order valence-electron chi connectivity index (χ1n) is 6.52. The topological polar surface area (TPSA) is 133 Å². The van der Waals surface area contributed by atoms with Gasteiger partial charge in [0.25, 0.3) is 5.56 Å². The molecule has 0 fully saturated rings. The highest BCUT2D eigenvalue weighted by Gasteiger charge is 2.20. The number of nitrogen functional groups attached to an aromatic ring is 1. The molecule has 8 heteroatoms. The minimum Gasteiger partial charge on any atom is -0.393 e. The summed E-state index contributed by atoms with van der Waals surface area (Å²) in [7, 11) is 0. The molecule has 0 spiro atoms. The SMILES string of the molecule is CCCCn1c(N)c(NCC(C)(O)CO)c(=O)[nH]c1=O. The molecule has 0 aliphatic rings. The van der Waals surface area contributed by atoms with Gasteiger partial charge in [0.15, 0.2) is 0 Å². The number of aliphatic hydroxyl groups is 2. The van der Waals surface area contributed by atoms with Crippen LogP contribution in [-0.4, -0.2) is 38.5 Å². The molecule has 0 saturated heterocycles. The van der Waals surface area contributed by atoms with E-state index in [0.717, 1.165) is 12.8 Å². The molecule has 6 N–H and O–H groups in total. The molecule has 1 unspecified atom stereocenters. The Morgan fingerprint density at radius 2 is 2.10 bits per heavy atom. The van der Waals surface area contributed by atoms with Crippen molar-refractivity contribution in [1.29, 1.82) is 0 Å². The molecular weight excluding hydrogens is 264 g/mol. The Morgan fingerprint density at radius 1 is 1.45 bits per heavy atom. The van der Waals surface area contributed by atoms with E-state index in [0.29, 0.717) is 6.54 Å². The zero-order chi connectivity index (χ0) is 15.3. The second-order valence-electron chi connectivity index (χ2n) is 5.03. The van der Waals surface area contributed by atoms with Crippen LogP contribution in [0.15, 0.2) is 9.59 Å². The fourth-order valence-electron chi connectivity index (χ4n) is 1.63. The lowest BCUT2D eigenvalue weighted by molar-refractivity contribution is 0.0132. The zero-order valence-corrected chi connectivity index (χ0v) is 11.8. The second-order valence-corrected chi connectivity index (χ2v) is 5.03. The standard InChI is InChI=1S/C12H22N4O4/c1-3-4-5-16-9(13)8(10(18)15-11(16)19)14-6-12(2,20)7-17/h14,17,20H,3-7,13H2,1-2H3,(H,15,18,19). The van der Waals surface area contributed by atoms with Gasteiger partial charge in [-0.15, -0.1) is 0 Å². The molecule has 1 atom stereocenters. The lowest BCUT2D eigenvalue weighted by atomic mass is 10.1. The first kappa shape index (κ1) is 16.3. The molecule has 0 aliphatic carbocycles. The summed E-state index contributed by atoms with van der Waals surface area (Å²) in [6, 6.07) is 0. The van der Waals surface area contributed by atoms with Gasteiger partial charge in [0.2, 0.25) is 0 Å². The molecule has 0 aliphatic heterocycles. The van der Waals surface area contributed by atoms with E-state index in [9.17, 15) is 14.7 Å². The van der Waals surface area contributed by atoms with Crippen molar-refractivity contribution in [2.45, 2.75) is 38.8 Å². The molecule has 0 radical (unpaired) electrons. The van der Waals surface area contributed by atoms with Crippen molar-refractivity contribution >= 4 is 11.5 Å². The van der Waals surface area contributed by atoms with Crippen molar-refractivity contribution in [1.82, 2.24) is 9.55 Å². The van der Waals surface area contributed by atoms with Crippen molar-refractivity contribution in [3.05, 3.63) is 20.8 Å². The van der Waals surface area contributed by atoms with Crippen LogP contribution in [0, 0.1) is 0 Å². The van der Waals surface area contributed by atoms with Crippen molar-refractivity contribution in [2.75, 3.05) is 24.2 Å². The molecule has 114 valence electrons. The molecule has 0 bridgehead atoms. The highest BCUT2D eigenvalue weighted by Crippen LogP contribution is 2.12. The van der Waals surface area contributed by atoms with Crippen LogP contribution in [0.5, 0.6) is 0 Å². The average molecular weight is 286 g/mol. The van der Waals surface area contributed by atoms with Crippen LogP contribution in [0.1, 0.15) is 26.7 Å². The number of hydrogen-bond donors (Lipinski definition) is 5. The van der Waals surface area contributed by atoms with Crippen LogP contribution in [-0.2, 0) is 6.54 Å². The van der Waals surface area contributed by atoms with E-state index >= 15 is 0 Å². The number of aliphatic hydroxyl groups excluding tert-OH is 1. The summed E-state index contributed by atoms with van der Waals surface area (Å²) in [5, 5.41) is 21.3. The monoisotopic (exact) mass is 286 g/mol. The number of aromatic nitrogens is 2. The molecule has 1 rings (SSSR count). The third kappa shape index (κ3) is 3.84. The van der Waals surface area contributed by atoms with Crippen LogP contribution in [0.4, 0.5) is 11.5 Å². The normalized spacial score (nSPS) is 14.0. The smallest absolute Gasteiger partial charge is 0.330 e. The molecule has 8 nitrogen and oxygen atoms in total. The summed E-state index contributed by atoms with van der Waals surface area (Å²) in [5.41, 5.74) is 3.27. The molecular formula is C12H22N4O4. The van der Waals surface area contributed by atoms with E-state index in [1.165, 1.54) is 11.5 Å². The number of anilines is 2. The maximum atomic E-state index is 11.7. The molecule has 1 heterocycles. The second kappa shape index (κ2) is 6.58. The number of unbranched alkanes of at least 4 members (excludes halogenated alkanes) is 1. The zero-order valence-electron chi connectivity index (χ0n) is 11.8. The molecule has 0 aromatic carbocycles. The van der Waals surface area contributed by atoms with Gasteiger partial charge in [-0.3, -0.25) is 14.3 Å². The average Bonchev–Trinajstić information content (AvgIpc) is 2.38. The van der Waals surface area contributed by atoms with E-state index in [2.05, 4.69) is 10.3 Å². The van der Waals surface area contributed by atoms with Crippen molar-refractivity contribution in [3.63, 3.8) is 0 Å². The van der Waals surface area contributed by atoms with Gasteiger partial charge in [0, 0.05) is 13.1 Å². The third-order valence-corrected chi connectivity index (χ3v) is 2.96. The Morgan fingerprint density at radius 3 is 2.65 bits per heavy atom. The number of nitrogens with one attached hydrogen (secondary N) is 2. The Labute approximate surface area is 116 Å². The summed E-state index contributed by atoms with van der Waals surface area (Å²) < 4.78 is 1.28. The summed E-state index contributed by atoms with van der Waals surface area (Å²) >= 11 is 0. The summed E-state index contributed by atoms with van der Waals surface area (Å²) in [6.07, 6.45) is 1.64. The maximum Gasteiger partial charge on any atom is 0.330 e. The third-order valence-electron chi connectivity index (χ3n) is 2.96. The maximum absolute atomic E-state index is 11.7. The van der Waals surface area contributed by atoms with Crippen LogP contribution < -0.4 is 22.3 Å². The van der Waals surface area contributed by atoms with Crippen LogP contribution in [0.2, 0.25) is 0 Å². The lowest BCUT2D eigenvalue weighted by Gasteiger charge is -2.22. The first-order valence-corrected chi connectivity index (χ1v) is 6.52. The quantitative estimate of drug-likeness (QED) is 0.440. The highest BCUT2D eigenvalue weighted by molar-refractivity contribution is 5.60. The van der Waals surface area contributed by atoms with Crippen LogP contribution in [0.3, 0.4) is 0 Å². The van der Waals surface area contributed by atoms with E-state index in [1.807, 2.05) is 6.92 Å². The number of nitrogens with zero attached hydrogens (tertiary/aromatic N) is 1. The summed E-state index contributed by atoms with van der Waals surface area (Å²) in [6.45, 7) is 3.26. The van der Waals surface area contributed by atoms with Crippen molar-refractivity contribution in [3.8, 4) is 0 Å². The molecule has 20 heavy (non-hydrogen) atoms. The molecule has 0 amide bonds. The minimum absolute atomic E-state index is 0.0226. The van der Waals surface area contributed by atoms with Crippen LogP contribution in [0.25, 0.3) is 0 Å². The number of aromatic amines is 1. The van der Waals surface area contributed by atoms with Crippen LogP contribution >= 0.6 is 0 Å². The lowest BCUT2D eigenvalue weighted by Crippen LogP contribution is -2.40. The fraction of sp³-hybridized carbons (Fsp3) is 0.667. The number of nitrogens with two attached hydrogens (primary N) is 1. The van der Waals surface area contributed by atoms with Crippen molar-refractivity contribution < 1.29 is 10.2 Å². The Hall–Kier alpha value is -1.80. The predicted octanol–water partition coefficient (Wildman–Crippen LogP) is -0.926. The summed E-state index contributed by atoms with van der Waals surface area (Å²) in [4.78, 5) is 25.6. The Bertz CT molecular complexity index is 562. The van der Waals surface area contributed by atoms with E-state index in [-0.39, 0.29) is 18.1 Å². The first-order chi connectivity index (χ1) is 9.32. The largest absolute Gasteiger partial charge is 0.393 e. The Kier molecular flexibility index (Phi) is 5.34. The predicted molar refractivity (Wildman–Crippen MR) is 76.8 cm³/mol. The minimum atomic E-state index is -1.39. The van der Waals surface area contributed by atoms with Gasteiger partial charge < -0.3 is 21.3 Å². The number of rotatable bonds is 7. The van der Waals surface area contributed by atoms with Gasteiger partial charge in [0.1, 0.15) is 17.1 Å². The van der Waals surface area contributed by atoms with Crippen molar-refractivity contribution in [2.24, 2.45) is 0 Å². The van der Waals surface area contributed by atoms with Gasteiger partial charge in [-0.2, -0.15) is 0 Å². The van der Waals surface area contributed by atoms with E-state index in [4.69, 9.17) is 10.8 Å². The van der Waals surface area contributed by atoms with Gasteiger partial charge in [-0.25, -0.2) is 4.79 Å². The van der Waals surface area contributed by atoms with Gasteiger partial charge in [-0.1, -0.05) is 13.3 Å². The summed E-state index contributed by atoms with van der Waals surface area (Å²) in [5.74, 6) is 0.0286. The fourth-order valence-corrected chi connectivity index (χ4v) is 1.63. The van der Waals surface area contributed by atoms with Gasteiger partial charge in [0.05, 0.1) is 6.61 Å². The Balaban J connectivity index is 3.07. The number of hydrogen-bond acceptors (Lipinski definition) is 6. The van der Waals surface area contributed by atoms with E-state index < -0.39 is 23.5 Å². The van der Waals surface area contributed by atoms with Gasteiger partial charge >= 0.3 is 5.69 Å². The molecule has 1 aromatic heterocycles. The number of H-pyrrole nitrogens is 1. The molecule has 0 saturated carbocycles. The highest BCUT2D eigenvalue weighted by atomic mass is 16.3. The van der Waals surface area contributed by atoms with Gasteiger partial charge in [-0.05, 0) is 13.3 Å². The van der Waals surface area contributed by atoms with E-state index in [1.54, 1.807) is 0 Å². The molecule has 1 aromatic rings.